The number of fused-ring (bicyclic) bond motifs is 1. The van der Waals surface area contributed by atoms with E-state index < -0.39 is 5.91 Å². The molecule has 25 heavy (non-hydrogen) atoms. The van der Waals surface area contributed by atoms with Crippen molar-refractivity contribution < 1.29 is 23.8 Å². The van der Waals surface area contributed by atoms with Crippen LogP contribution in [0.25, 0.3) is 0 Å². The van der Waals surface area contributed by atoms with Crippen LogP contribution in [0, 0.1) is 11.3 Å². The van der Waals surface area contributed by atoms with Gasteiger partial charge in [0.15, 0.2) is 18.1 Å². The smallest absolute Gasteiger partial charge is 0.255 e. The molecule has 7 nitrogen and oxygen atoms in total. The summed E-state index contributed by atoms with van der Waals surface area (Å²) in [6.45, 7) is 4.74. The molecule has 136 valence electrons. The van der Waals surface area contributed by atoms with Gasteiger partial charge in [-0.1, -0.05) is 13.8 Å². The van der Waals surface area contributed by atoms with E-state index in [9.17, 15) is 9.59 Å². The molecule has 2 aliphatic rings. The molecule has 1 aromatic carbocycles. The van der Waals surface area contributed by atoms with Gasteiger partial charge in [0, 0.05) is 29.5 Å². The van der Waals surface area contributed by atoms with Crippen molar-refractivity contribution in [1.29, 1.82) is 0 Å². The van der Waals surface area contributed by atoms with E-state index in [1.54, 1.807) is 18.2 Å². The van der Waals surface area contributed by atoms with Crippen LogP contribution < -0.4 is 20.5 Å². The van der Waals surface area contributed by atoms with Crippen molar-refractivity contribution in [3.8, 4) is 11.5 Å². The number of carbonyl (C=O) groups excluding carboxylic acids is 2. The third kappa shape index (κ3) is 3.16. The Morgan fingerprint density at radius 3 is 2.80 bits per heavy atom. The fourth-order valence-corrected chi connectivity index (χ4v) is 3.92. The molecule has 3 unspecified atom stereocenters. The standard InChI is InChI=1S/C18H24N2O5/c1-18(2)15(11-6-7-24-16(11)18)20-17(22)10-4-5-12(13(8-10)23-3)25-9-14(19)21/h4-5,8,11,15-16H,6-7,9H2,1-3H3,(H2,19,21)(H,20,22). The average Bonchev–Trinajstić information content (AvgIpc) is 3.04. The zero-order valence-corrected chi connectivity index (χ0v) is 14.7. The molecule has 2 amide bonds. The number of hydrogen-bond acceptors (Lipinski definition) is 5. The van der Waals surface area contributed by atoms with Crippen LogP contribution in [-0.4, -0.2) is 44.3 Å². The molecule has 3 N–H and O–H groups in total. The highest BCUT2D eigenvalue weighted by molar-refractivity contribution is 5.95. The van der Waals surface area contributed by atoms with Crippen LogP contribution >= 0.6 is 0 Å². The van der Waals surface area contributed by atoms with Gasteiger partial charge in [-0.2, -0.15) is 0 Å². The van der Waals surface area contributed by atoms with E-state index in [4.69, 9.17) is 19.9 Å². The van der Waals surface area contributed by atoms with Crippen LogP contribution in [0.1, 0.15) is 30.6 Å². The topological polar surface area (TPSA) is 99.9 Å². The predicted molar refractivity (Wildman–Crippen MR) is 90.6 cm³/mol. The van der Waals surface area contributed by atoms with Crippen LogP contribution in [-0.2, 0) is 9.53 Å². The van der Waals surface area contributed by atoms with E-state index in [1.165, 1.54) is 7.11 Å². The molecule has 1 saturated heterocycles. The van der Waals surface area contributed by atoms with E-state index in [-0.39, 0.29) is 30.1 Å². The van der Waals surface area contributed by atoms with Crippen LogP contribution in [0.4, 0.5) is 0 Å². The van der Waals surface area contributed by atoms with E-state index in [0.29, 0.717) is 23.0 Å². The van der Waals surface area contributed by atoms with Gasteiger partial charge in [-0.15, -0.1) is 0 Å². The molecule has 0 aromatic heterocycles. The molecular weight excluding hydrogens is 324 g/mol. The van der Waals surface area contributed by atoms with Crippen LogP contribution in [0.3, 0.4) is 0 Å². The Kier molecular flexibility index (Phi) is 4.60. The number of benzene rings is 1. The number of hydrogen-bond donors (Lipinski definition) is 2. The number of carbonyl (C=O) groups is 2. The molecule has 7 heteroatoms. The monoisotopic (exact) mass is 348 g/mol. The lowest BCUT2D eigenvalue weighted by molar-refractivity contribution is -0.119. The molecule has 0 radical (unpaired) electrons. The van der Waals surface area contributed by atoms with Crippen molar-refractivity contribution in [2.24, 2.45) is 17.1 Å². The lowest BCUT2D eigenvalue weighted by atomic mass is 9.57. The van der Waals surface area contributed by atoms with E-state index in [2.05, 4.69) is 19.2 Å². The summed E-state index contributed by atoms with van der Waals surface area (Å²) >= 11 is 0. The molecule has 3 rings (SSSR count). The van der Waals surface area contributed by atoms with Gasteiger partial charge < -0.3 is 25.3 Å². The first-order chi connectivity index (χ1) is 11.8. The molecule has 1 aromatic rings. The highest BCUT2D eigenvalue weighted by atomic mass is 16.5. The predicted octanol–water partition coefficient (Wildman–Crippen LogP) is 1.10. The van der Waals surface area contributed by atoms with E-state index in [1.807, 2.05) is 0 Å². The summed E-state index contributed by atoms with van der Waals surface area (Å²) in [6, 6.07) is 4.93. The summed E-state index contributed by atoms with van der Waals surface area (Å²) in [5, 5.41) is 3.13. The molecular formula is C18H24N2O5. The summed E-state index contributed by atoms with van der Waals surface area (Å²) in [5.41, 5.74) is 5.47. The van der Waals surface area contributed by atoms with Crippen LogP contribution in [0.5, 0.6) is 11.5 Å². The number of nitrogens with one attached hydrogen (secondary N) is 1. The third-order valence-corrected chi connectivity index (χ3v) is 5.18. The quantitative estimate of drug-likeness (QED) is 0.802. The summed E-state index contributed by atoms with van der Waals surface area (Å²) in [7, 11) is 1.48. The SMILES string of the molecule is COc1cc(C(=O)NC2C3CCOC3C2(C)C)ccc1OCC(N)=O. The molecule has 1 saturated carbocycles. The van der Waals surface area contributed by atoms with Crippen molar-refractivity contribution in [3.63, 3.8) is 0 Å². The second-order valence-electron chi connectivity index (χ2n) is 7.14. The van der Waals surface area contributed by atoms with Gasteiger partial charge in [-0.05, 0) is 24.6 Å². The number of ether oxygens (including phenoxy) is 3. The molecule has 0 bridgehead atoms. The van der Waals surface area contributed by atoms with Gasteiger partial charge in [-0.25, -0.2) is 0 Å². The van der Waals surface area contributed by atoms with Crippen molar-refractivity contribution in [2.75, 3.05) is 20.3 Å². The third-order valence-electron chi connectivity index (χ3n) is 5.18. The Hall–Kier alpha value is -2.28. The van der Waals surface area contributed by atoms with Crippen LogP contribution in [0.2, 0.25) is 0 Å². The first-order valence-electron chi connectivity index (χ1n) is 8.36. The number of nitrogens with two attached hydrogens (primary N) is 1. The van der Waals surface area contributed by atoms with E-state index >= 15 is 0 Å². The number of amides is 2. The first-order valence-corrected chi connectivity index (χ1v) is 8.36. The van der Waals surface area contributed by atoms with Gasteiger partial charge in [0.25, 0.3) is 11.8 Å². The number of methoxy groups -OCH3 is 1. The largest absolute Gasteiger partial charge is 0.493 e. The van der Waals surface area contributed by atoms with Crippen molar-refractivity contribution >= 4 is 11.8 Å². The summed E-state index contributed by atoms with van der Waals surface area (Å²) < 4.78 is 16.3. The molecule has 1 heterocycles. The molecule has 1 aliphatic carbocycles. The molecule has 2 fully saturated rings. The summed E-state index contributed by atoms with van der Waals surface area (Å²) in [4.78, 5) is 23.5. The Morgan fingerprint density at radius 1 is 1.36 bits per heavy atom. The summed E-state index contributed by atoms with van der Waals surface area (Å²) in [6.07, 6.45) is 1.19. The minimum absolute atomic E-state index is 0.0779. The fourth-order valence-electron chi connectivity index (χ4n) is 3.92. The highest BCUT2D eigenvalue weighted by Gasteiger charge is 2.59. The minimum Gasteiger partial charge on any atom is -0.493 e. The Morgan fingerprint density at radius 2 is 2.12 bits per heavy atom. The number of rotatable bonds is 6. The second kappa shape index (κ2) is 6.55. The Balaban J connectivity index is 1.71. The molecule has 3 atom stereocenters. The highest BCUT2D eigenvalue weighted by Crippen LogP contribution is 2.52. The molecule has 1 aliphatic heterocycles. The molecule has 0 spiro atoms. The second-order valence-corrected chi connectivity index (χ2v) is 7.14. The van der Waals surface area contributed by atoms with Gasteiger partial charge in [0.2, 0.25) is 0 Å². The van der Waals surface area contributed by atoms with Crippen molar-refractivity contribution in [2.45, 2.75) is 32.4 Å². The maximum Gasteiger partial charge on any atom is 0.255 e. The average molecular weight is 348 g/mol. The van der Waals surface area contributed by atoms with Gasteiger partial charge >= 0.3 is 0 Å². The van der Waals surface area contributed by atoms with Crippen molar-refractivity contribution in [1.82, 2.24) is 5.32 Å². The number of primary amides is 1. The first kappa shape index (κ1) is 17.5. The lowest BCUT2D eigenvalue weighted by Gasteiger charge is -2.54. The Labute approximate surface area is 146 Å². The fraction of sp³-hybridized carbons (Fsp3) is 0.556. The Bertz CT molecular complexity index is 688. The van der Waals surface area contributed by atoms with Gasteiger partial charge in [0.05, 0.1) is 13.2 Å². The van der Waals surface area contributed by atoms with Crippen molar-refractivity contribution in [3.05, 3.63) is 23.8 Å². The van der Waals surface area contributed by atoms with E-state index in [0.717, 1.165) is 13.0 Å². The zero-order chi connectivity index (χ0) is 18.2. The summed E-state index contributed by atoms with van der Waals surface area (Å²) in [5.74, 6) is 0.376. The maximum atomic E-state index is 12.6. The minimum atomic E-state index is -0.579. The normalized spacial score (nSPS) is 26.3. The lowest BCUT2D eigenvalue weighted by Crippen LogP contribution is -2.66. The zero-order valence-electron chi connectivity index (χ0n) is 14.7. The van der Waals surface area contributed by atoms with Crippen LogP contribution in [0.15, 0.2) is 18.2 Å². The van der Waals surface area contributed by atoms with Gasteiger partial charge in [0.1, 0.15) is 0 Å². The van der Waals surface area contributed by atoms with Gasteiger partial charge in [-0.3, -0.25) is 9.59 Å². The maximum absolute atomic E-state index is 12.6.